The monoisotopic (exact) mass is 294 g/mol. The van der Waals surface area contributed by atoms with Crippen LogP contribution in [0.15, 0.2) is 30.5 Å². The first-order valence-electron chi connectivity index (χ1n) is 4.69. The number of pyridine rings is 1. The first-order valence-corrected chi connectivity index (χ1v) is 5.07. The Morgan fingerprint density at radius 2 is 2.00 bits per heavy atom. The van der Waals surface area contributed by atoms with Crippen LogP contribution in [-0.4, -0.2) is 18.1 Å². The molecular weight excluding hydrogens is 282 g/mol. The van der Waals surface area contributed by atoms with Gasteiger partial charge in [0.25, 0.3) is 0 Å². The molecular formula is C11H13Cl3N2O. The van der Waals surface area contributed by atoms with Gasteiger partial charge in [-0.1, -0.05) is 11.6 Å². The first kappa shape index (κ1) is 16.3. The lowest BCUT2D eigenvalue weighted by Gasteiger charge is -2.08. The molecule has 0 aliphatic carbocycles. The lowest BCUT2D eigenvalue weighted by molar-refractivity contribution is 0.331. The van der Waals surface area contributed by atoms with E-state index in [9.17, 15) is 0 Å². The van der Waals surface area contributed by atoms with Gasteiger partial charge in [0.15, 0.2) is 0 Å². The number of benzene rings is 1. The van der Waals surface area contributed by atoms with E-state index in [4.69, 9.17) is 22.1 Å². The molecule has 1 aromatic heterocycles. The van der Waals surface area contributed by atoms with Gasteiger partial charge in [0.2, 0.25) is 0 Å². The van der Waals surface area contributed by atoms with Crippen molar-refractivity contribution in [2.75, 3.05) is 13.2 Å². The molecule has 0 spiro atoms. The SMILES string of the molecule is Cl.Cl.NCCOc1ccc(Cl)c2cccnc12. The third kappa shape index (κ3) is 3.61. The summed E-state index contributed by atoms with van der Waals surface area (Å²) in [6.45, 7) is 0.963. The van der Waals surface area contributed by atoms with Crippen molar-refractivity contribution in [2.45, 2.75) is 0 Å². The first-order chi connectivity index (χ1) is 7.33. The fourth-order valence-corrected chi connectivity index (χ4v) is 1.61. The largest absolute Gasteiger partial charge is 0.490 e. The number of fused-ring (bicyclic) bond motifs is 1. The summed E-state index contributed by atoms with van der Waals surface area (Å²) in [5, 5.41) is 1.58. The minimum Gasteiger partial charge on any atom is -0.490 e. The van der Waals surface area contributed by atoms with Gasteiger partial charge in [0.1, 0.15) is 17.9 Å². The highest BCUT2D eigenvalue weighted by Crippen LogP contribution is 2.29. The Morgan fingerprint density at radius 1 is 1.24 bits per heavy atom. The average Bonchev–Trinajstić information content (AvgIpc) is 2.29. The van der Waals surface area contributed by atoms with Crippen molar-refractivity contribution in [3.8, 4) is 5.75 Å². The fourth-order valence-electron chi connectivity index (χ4n) is 1.40. The molecule has 0 saturated carbocycles. The van der Waals surface area contributed by atoms with Crippen molar-refractivity contribution >= 4 is 47.3 Å². The number of aromatic nitrogens is 1. The van der Waals surface area contributed by atoms with Crippen molar-refractivity contribution in [3.63, 3.8) is 0 Å². The van der Waals surface area contributed by atoms with Gasteiger partial charge in [-0.05, 0) is 24.3 Å². The quantitative estimate of drug-likeness (QED) is 0.946. The molecule has 2 rings (SSSR count). The van der Waals surface area contributed by atoms with E-state index in [2.05, 4.69) is 4.98 Å². The minimum absolute atomic E-state index is 0. The third-order valence-electron chi connectivity index (χ3n) is 2.05. The van der Waals surface area contributed by atoms with Crippen molar-refractivity contribution in [2.24, 2.45) is 5.73 Å². The Kier molecular flexibility index (Phi) is 7.23. The van der Waals surface area contributed by atoms with Gasteiger partial charge in [-0.2, -0.15) is 0 Å². The smallest absolute Gasteiger partial charge is 0.145 e. The van der Waals surface area contributed by atoms with E-state index in [1.54, 1.807) is 12.3 Å². The predicted molar refractivity (Wildman–Crippen MR) is 75.8 cm³/mol. The number of rotatable bonds is 3. The van der Waals surface area contributed by atoms with Crippen LogP contribution in [0, 0.1) is 0 Å². The molecule has 2 aromatic rings. The van der Waals surface area contributed by atoms with Crippen LogP contribution in [-0.2, 0) is 0 Å². The molecule has 17 heavy (non-hydrogen) atoms. The van der Waals surface area contributed by atoms with Gasteiger partial charge in [-0.3, -0.25) is 4.98 Å². The summed E-state index contributed by atoms with van der Waals surface area (Å²) in [6, 6.07) is 7.38. The van der Waals surface area contributed by atoms with E-state index >= 15 is 0 Å². The standard InChI is InChI=1S/C11H11ClN2O.2ClH/c12-9-3-4-10(15-7-5-13)11-8(9)2-1-6-14-11;;/h1-4,6H,5,7,13H2;2*1H. The summed E-state index contributed by atoms with van der Waals surface area (Å²) in [5.41, 5.74) is 6.16. The molecule has 0 aliphatic heterocycles. The van der Waals surface area contributed by atoms with Crippen LogP contribution < -0.4 is 10.5 Å². The second-order valence-corrected chi connectivity index (χ2v) is 3.49. The Morgan fingerprint density at radius 3 is 2.71 bits per heavy atom. The Hall–Kier alpha value is -0.740. The Bertz CT molecular complexity index is 479. The molecule has 0 unspecified atom stereocenters. The summed E-state index contributed by atoms with van der Waals surface area (Å²) in [4.78, 5) is 4.24. The van der Waals surface area contributed by atoms with E-state index in [0.717, 1.165) is 16.7 Å². The maximum atomic E-state index is 6.04. The number of nitrogens with two attached hydrogens (primary N) is 1. The zero-order chi connectivity index (χ0) is 10.7. The second kappa shape index (κ2) is 7.56. The highest BCUT2D eigenvalue weighted by Gasteiger charge is 2.05. The molecule has 0 atom stereocenters. The van der Waals surface area contributed by atoms with Gasteiger partial charge in [0, 0.05) is 18.1 Å². The minimum atomic E-state index is 0. The van der Waals surface area contributed by atoms with Crippen LogP contribution in [0.5, 0.6) is 5.75 Å². The number of hydrogen-bond donors (Lipinski definition) is 1. The molecule has 2 N–H and O–H groups in total. The van der Waals surface area contributed by atoms with E-state index in [1.165, 1.54) is 0 Å². The van der Waals surface area contributed by atoms with Crippen molar-refractivity contribution in [1.29, 1.82) is 0 Å². The third-order valence-corrected chi connectivity index (χ3v) is 2.38. The van der Waals surface area contributed by atoms with Crippen molar-refractivity contribution in [1.82, 2.24) is 4.98 Å². The van der Waals surface area contributed by atoms with Crippen molar-refractivity contribution in [3.05, 3.63) is 35.5 Å². The van der Waals surface area contributed by atoms with Crippen LogP contribution in [0.25, 0.3) is 10.9 Å². The van der Waals surface area contributed by atoms with E-state index < -0.39 is 0 Å². The molecule has 1 heterocycles. The summed E-state index contributed by atoms with van der Waals surface area (Å²) >= 11 is 6.04. The van der Waals surface area contributed by atoms with Gasteiger partial charge < -0.3 is 10.5 Å². The van der Waals surface area contributed by atoms with Crippen molar-refractivity contribution < 1.29 is 4.74 Å². The molecule has 0 amide bonds. The van der Waals surface area contributed by atoms with Crippen LogP contribution in [0.2, 0.25) is 5.02 Å². The molecule has 0 aliphatic rings. The lowest BCUT2D eigenvalue weighted by atomic mass is 10.2. The van der Waals surface area contributed by atoms with E-state index in [-0.39, 0.29) is 24.8 Å². The van der Waals surface area contributed by atoms with Gasteiger partial charge in [-0.25, -0.2) is 0 Å². The predicted octanol–water partition coefficient (Wildman–Crippen LogP) is 3.07. The highest BCUT2D eigenvalue weighted by molar-refractivity contribution is 6.35. The van der Waals surface area contributed by atoms with Crippen LogP contribution in [0.3, 0.4) is 0 Å². The van der Waals surface area contributed by atoms with Gasteiger partial charge in [-0.15, -0.1) is 24.8 Å². The maximum Gasteiger partial charge on any atom is 0.145 e. The fraction of sp³-hybridized carbons (Fsp3) is 0.182. The highest BCUT2D eigenvalue weighted by atomic mass is 35.5. The molecule has 0 bridgehead atoms. The Labute approximate surface area is 117 Å². The van der Waals surface area contributed by atoms with E-state index in [0.29, 0.717) is 18.2 Å². The number of hydrogen-bond acceptors (Lipinski definition) is 3. The molecule has 0 fully saturated rings. The molecule has 0 radical (unpaired) electrons. The van der Waals surface area contributed by atoms with E-state index in [1.807, 2.05) is 18.2 Å². The number of halogens is 3. The topological polar surface area (TPSA) is 48.1 Å². The summed E-state index contributed by atoms with van der Waals surface area (Å²) in [5.74, 6) is 0.723. The Balaban J connectivity index is 0.00000128. The molecule has 6 heteroatoms. The molecule has 1 aromatic carbocycles. The van der Waals surface area contributed by atoms with Gasteiger partial charge >= 0.3 is 0 Å². The maximum absolute atomic E-state index is 6.04. The molecule has 94 valence electrons. The lowest BCUT2D eigenvalue weighted by Crippen LogP contribution is -2.10. The average molecular weight is 296 g/mol. The summed E-state index contributed by atoms with van der Waals surface area (Å²) in [7, 11) is 0. The number of nitrogens with zero attached hydrogens (tertiary/aromatic N) is 1. The second-order valence-electron chi connectivity index (χ2n) is 3.08. The molecule has 0 saturated heterocycles. The summed E-state index contributed by atoms with van der Waals surface area (Å²) in [6.07, 6.45) is 1.72. The normalized spacial score (nSPS) is 9.29. The number of ether oxygens (including phenoxy) is 1. The zero-order valence-corrected chi connectivity index (χ0v) is 11.3. The van der Waals surface area contributed by atoms with Crippen LogP contribution in [0.4, 0.5) is 0 Å². The van der Waals surface area contributed by atoms with Gasteiger partial charge in [0.05, 0.1) is 5.02 Å². The van der Waals surface area contributed by atoms with Crippen LogP contribution >= 0.6 is 36.4 Å². The summed E-state index contributed by atoms with van der Waals surface area (Å²) < 4.78 is 5.48. The zero-order valence-electron chi connectivity index (χ0n) is 8.93. The molecule has 3 nitrogen and oxygen atoms in total. The van der Waals surface area contributed by atoms with Crippen LogP contribution in [0.1, 0.15) is 0 Å².